The van der Waals surface area contributed by atoms with E-state index in [0.29, 0.717) is 35.9 Å². The monoisotopic (exact) mass is 453 g/mol. The Morgan fingerprint density at radius 1 is 1.06 bits per heavy atom. The van der Waals surface area contributed by atoms with Gasteiger partial charge in [-0.05, 0) is 68.9 Å². The second kappa shape index (κ2) is 9.31. The van der Waals surface area contributed by atoms with Crippen molar-refractivity contribution in [1.82, 2.24) is 4.90 Å². The summed E-state index contributed by atoms with van der Waals surface area (Å²) in [6, 6.07) is 11.3. The number of nitrogens with zero attached hydrogens (tertiary/aromatic N) is 3. The summed E-state index contributed by atoms with van der Waals surface area (Å²) in [5.41, 5.74) is 2.88. The van der Waals surface area contributed by atoms with Crippen LogP contribution in [0.5, 0.6) is 5.75 Å². The second-order valence-electron chi connectivity index (χ2n) is 9.44. The molecule has 2 saturated heterocycles. The lowest BCUT2D eigenvalue weighted by Gasteiger charge is -2.30. The van der Waals surface area contributed by atoms with Crippen molar-refractivity contribution >= 4 is 17.3 Å². The van der Waals surface area contributed by atoms with Gasteiger partial charge >= 0.3 is 0 Å². The summed E-state index contributed by atoms with van der Waals surface area (Å²) in [6.45, 7) is 3.64. The van der Waals surface area contributed by atoms with Crippen molar-refractivity contribution in [2.24, 2.45) is 0 Å². The number of hydrogen-bond donors (Lipinski definition) is 0. The molecular weight excluding hydrogens is 421 g/mol. The van der Waals surface area contributed by atoms with Gasteiger partial charge < -0.3 is 24.2 Å². The highest BCUT2D eigenvalue weighted by Crippen LogP contribution is 2.32. The van der Waals surface area contributed by atoms with Crippen LogP contribution in [0.15, 0.2) is 36.4 Å². The van der Waals surface area contributed by atoms with Crippen LogP contribution in [0.4, 0.5) is 15.8 Å². The molecule has 3 heterocycles. The van der Waals surface area contributed by atoms with E-state index in [9.17, 15) is 4.79 Å². The average Bonchev–Trinajstić information content (AvgIpc) is 3.30. The molecule has 3 aliphatic heterocycles. The molecule has 0 bridgehead atoms. The molecule has 33 heavy (non-hydrogen) atoms. The highest BCUT2D eigenvalue weighted by molar-refractivity contribution is 6.08. The maximum Gasteiger partial charge on any atom is 0.258 e. The summed E-state index contributed by atoms with van der Waals surface area (Å²) in [5, 5.41) is 0. The van der Waals surface area contributed by atoms with Crippen molar-refractivity contribution in [3.8, 4) is 5.75 Å². The van der Waals surface area contributed by atoms with Crippen LogP contribution in [0.25, 0.3) is 0 Å². The van der Waals surface area contributed by atoms with E-state index in [1.807, 2.05) is 30.3 Å². The molecule has 3 aliphatic rings. The third-order valence-corrected chi connectivity index (χ3v) is 7.11. The smallest absolute Gasteiger partial charge is 0.258 e. The van der Waals surface area contributed by atoms with Crippen molar-refractivity contribution in [1.29, 1.82) is 0 Å². The predicted octanol–water partition coefficient (Wildman–Crippen LogP) is 3.73. The minimum atomic E-state index is -0.272. The average molecular weight is 454 g/mol. The molecule has 0 aromatic heterocycles. The van der Waals surface area contributed by atoms with Crippen LogP contribution in [0.1, 0.15) is 35.2 Å². The first kappa shape index (κ1) is 22.2. The van der Waals surface area contributed by atoms with Gasteiger partial charge in [-0.15, -0.1) is 0 Å². The van der Waals surface area contributed by atoms with E-state index in [1.54, 1.807) is 4.90 Å². The number of amides is 1. The number of likely N-dealkylation sites (N-methyl/N-ethyl adjacent to an activating group) is 1. The van der Waals surface area contributed by atoms with Crippen LogP contribution < -0.4 is 14.5 Å². The van der Waals surface area contributed by atoms with E-state index in [-0.39, 0.29) is 17.8 Å². The maximum absolute atomic E-state index is 15.1. The van der Waals surface area contributed by atoms with Crippen molar-refractivity contribution in [2.75, 3.05) is 56.7 Å². The van der Waals surface area contributed by atoms with Crippen LogP contribution in [0.2, 0.25) is 0 Å². The van der Waals surface area contributed by atoms with E-state index in [4.69, 9.17) is 9.47 Å². The highest BCUT2D eigenvalue weighted by atomic mass is 19.1. The molecule has 2 aromatic rings. The van der Waals surface area contributed by atoms with E-state index in [2.05, 4.69) is 23.9 Å². The SMILES string of the molecule is CN(C)[C@@H]1CCN(c2ccc(N3CCc4cc(OC5CCOCC5)ccc4C3=O)cc2F)C1. The largest absolute Gasteiger partial charge is 0.490 e. The summed E-state index contributed by atoms with van der Waals surface area (Å²) in [4.78, 5) is 19.2. The number of hydrogen-bond acceptors (Lipinski definition) is 5. The molecule has 1 atom stereocenters. The molecule has 0 N–H and O–H groups in total. The Morgan fingerprint density at radius 2 is 1.88 bits per heavy atom. The van der Waals surface area contributed by atoms with Gasteiger partial charge in [0.25, 0.3) is 5.91 Å². The zero-order valence-corrected chi connectivity index (χ0v) is 19.4. The third-order valence-electron chi connectivity index (χ3n) is 7.11. The van der Waals surface area contributed by atoms with Crippen LogP contribution in [-0.4, -0.2) is 69.9 Å². The van der Waals surface area contributed by atoms with Crippen molar-refractivity contribution < 1.29 is 18.7 Å². The number of halogens is 1. The first-order valence-corrected chi connectivity index (χ1v) is 11.9. The molecular formula is C26H32FN3O3. The first-order valence-electron chi connectivity index (χ1n) is 11.9. The molecule has 2 fully saturated rings. The molecule has 0 aliphatic carbocycles. The highest BCUT2D eigenvalue weighted by Gasteiger charge is 2.29. The minimum Gasteiger partial charge on any atom is -0.490 e. The molecule has 2 aromatic carbocycles. The van der Waals surface area contributed by atoms with Crippen LogP contribution >= 0.6 is 0 Å². The number of anilines is 2. The Hall–Kier alpha value is -2.64. The lowest BCUT2D eigenvalue weighted by atomic mass is 9.98. The van der Waals surface area contributed by atoms with Gasteiger partial charge in [0.1, 0.15) is 17.7 Å². The Kier molecular flexibility index (Phi) is 6.25. The van der Waals surface area contributed by atoms with Gasteiger partial charge in [-0.3, -0.25) is 4.79 Å². The Labute approximate surface area is 194 Å². The molecule has 5 rings (SSSR count). The fourth-order valence-corrected chi connectivity index (χ4v) is 5.07. The molecule has 0 unspecified atom stereocenters. The molecule has 0 spiro atoms. The predicted molar refractivity (Wildman–Crippen MR) is 127 cm³/mol. The minimum absolute atomic E-state index is 0.0881. The van der Waals surface area contributed by atoms with Crippen molar-refractivity contribution in [2.45, 2.75) is 37.8 Å². The van der Waals surface area contributed by atoms with E-state index in [0.717, 1.165) is 56.9 Å². The second-order valence-corrected chi connectivity index (χ2v) is 9.44. The van der Waals surface area contributed by atoms with Gasteiger partial charge in [-0.25, -0.2) is 4.39 Å². The lowest BCUT2D eigenvalue weighted by molar-refractivity contribution is 0.0255. The number of benzene rings is 2. The Bertz CT molecular complexity index is 1020. The molecule has 1 amide bonds. The van der Waals surface area contributed by atoms with Crippen LogP contribution in [0, 0.1) is 5.82 Å². The molecule has 0 radical (unpaired) electrons. The first-order chi connectivity index (χ1) is 16.0. The molecule has 0 saturated carbocycles. The zero-order valence-electron chi connectivity index (χ0n) is 19.4. The number of carbonyl (C=O) groups is 1. The molecule has 7 heteroatoms. The molecule has 6 nitrogen and oxygen atoms in total. The number of ether oxygens (including phenoxy) is 2. The summed E-state index contributed by atoms with van der Waals surface area (Å²) in [6.07, 6.45) is 3.68. The summed E-state index contributed by atoms with van der Waals surface area (Å²) in [5.74, 6) is 0.444. The standard InChI is InChI=1S/C26H32FN3O3/c1-28(2)20-8-11-29(17-20)25-6-3-19(16-24(25)27)30-12-7-18-15-22(4-5-23(18)26(30)31)33-21-9-13-32-14-10-21/h3-6,15-16,20-21H,7-14,17H2,1-2H3/t20-/m1/s1. The summed E-state index contributed by atoms with van der Waals surface area (Å²) < 4.78 is 26.6. The number of carbonyl (C=O) groups excluding carboxylic acids is 1. The van der Waals surface area contributed by atoms with Gasteiger partial charge in [0, 0.05) is 49.8 Å². The Morgan fingerprint density at radius 3 is 2.61 bits per heavy atom. The van der Waals surface area contributed by atoms with E-state index < -0.39 is 0 Å². The molecule has 176 valence electrons. The third kappa shape index (κ3) is 4.57. The summed E-state index contributed by atoms with van der Waals surface area (Å²) in [7, 11) is 4.13. The normalized spacial score (nSPS) is 21.6. The van der Waals surface area contributed by atoms with Gasteiger partial charge in [0.15, 0.2) is 0 Å². The number of rotatable bonds is 5. The van der Waals surface area contributed by atoms with Gasteiger partial charge in [0.2, 0.25) is 0 Å². The Balaban J connectivity index is 1.29. The van der Waals surface area contributed by atoms with E-state index in [1.165, 1.54) is 6.07 Å². The lowest BCUT2D eigenvalue weighted by Crippen LogP contribution is -2.37. The fraction of sp³-hybridized carbons (Fsp3) is 0.500. The van der Waals surface area contributed by atoms with Gasteiger partial charge in [0.05, 0.1) is 18.9 Å². The van der Waals surface area contributed by atoms with Gasteiger partial charge in [-0.1, -0.05) is 0 Å². The topological polar surface area (TPSA) is 45.2 Å². The van der Waals surface area contributed by atoms with Crippen molar-refractivity contribution in [3.63, 3.8) is 0 Å². The quantitative estimate of drug-likeness (QED) is 0.691. The van der Waals surface area contributed by atoms with Crippen LogP contribution in [0.3, 0.4) is 0 Å². The van der Waals surface area contributed by atoms with Crippen molar-refractivity contribution in [3.05, 3.63) is 53.3 Å². The van der Waals surface area contributed by atoms with Gasteiger partial charge in [-0.2, -0.15) is 0 Å². The zero-order chi connectivity index (χ0) is 22.9. The van der Waals surface area contributed by atoms with E-state index >= 15 is 4.39 Å². The fourth-order valence-electron chi connectivity index (χ4n) is 5.07. The number of fused-ring (bicyclic) bond motifs is 1. The maximum atomic E-state index is 15.1. The summed E-state index contributed by atoms with van der Waals surface area (Å²) >= 11 is 0. The van der Waals surface area contributed by atoms with Crippen LogP contribution in [-0.2, 0) is 11.2 Å².